The summed E-state index contributed by atoms with van der Waals surface area (Å²) in [7, 11) is 0. The smallest absolute Gasteiger partial charge is 0.257 e. The summed E-state index contributed by atoms with van der Waals surface area (Å²) in [6.07, 6.45) is 12.3. The Hall–Kier alpha value is -2.17. The molecule has 1 aliphatic heterocycles. The number of carbonyl (C=O) groups is 3. The van der Waals surface area contributed by atoms with E-state index in [1.165, 1.54) is 30.6 Å². The number of anilines is 1. The van der Waals surface area contributed by atoms with Crippen molar-refractivity contribution in [3.8, 4) is 0 Å². The molecule has 7 rings (SSSR count). The molecule has 6 aliphatic rings. The number of hydrogen-bond donors (Lipinski definition) is 0. The van der Waals surface area contributed by atoms with E-state index in [9.17, 15) is 14.4 Å². The summed E-state index contributed by atoms with van der Waals surface area (Å²) in [5.41, 5.74) is 1.44. The Morgan fingerprint density at radius 2 is 1.48 bits per heavy atom. The minimum atomic E-state index is -0.637. The van der Waals surface area contributed by atoms with Crippen molar-refractivity contribution >= 4 is 23.4 Å². The van der Waals surface area contributed by atoms with E-state index in [2.05, 4.69) is 0 Å². The quantitative estimate of drug-likeness (QED) is 0.609. The van der Waals surface area contributed by atoms with Crippen LogP contribution in [0.3, 0.4) is 0 Å². The first-order chi connectivity index (χ1) is 15.9. The second-order valence-corrected chi connectivity index (χ2v) is 11.8. The minimum absolute atomic E-state index is 0.0963. The first-order valence-corrected chi connectivity index (χ1v) is 13.2. The second-order valence-electron chi connectivity index (χ2n) is 11.8. The van der Waals surface area contributed by atoms with Crippen molar-refractivity contribution in [2.24, 2.45) is 23.2 Å². The molecule has 1 saturated heterocycles. The maximum atomic E-state index is 14.5. The van der Waals surface area contributed by atoms with Crippen molar-refractivity contribution in [2.75, 3.05) is 4.90 Å². The lowest BCUT2D eigenvalue weighted by atomic mass is 9.49. The number of nitrogens with zero attached hydrogens (tertiary/aromatic N) is 2. The molecule has 1 heterocycles. The van der Waals surface area contributed by atoms with Crippen molar-refractivity contribution in [1.82, 2.24) is 4.90 Å². The van der Waals surface area contributed by atoms with Gasteiger partial charge in [0.15, 0.2) is 0 Å². The maximum absolute atomic E-state index is 14.5. The van der Waals surface area contributed by atoms with Gasteiger partial charge in [-0.1, -0.05) is 37.0 Å². The van der Waals surface area contributed by atoms with Crippen LogP contribution in [0.4, 0.5) is 5.69 Å². The predicted octanol–water partition coefficient (Wildman–Crippen LogP) is 5.00. The van der Waals surface area contributed by atoms with Crippen molar-refractivity contribution < 1.29 is 14.4 Å². The number of aryl methyl sites for hydroxylation is 1. The number of amides is 3. The molecule has 1 aromatic carbocycles. The van der Waals surface area contributed by atoms with Gasteiger partial charge in [-0.15, -0.1) is 0 Å². The molecule has 0 radical (unpaired) electrons. The Balaban J connectivity index is 1.33. The van der Waals surface area contributed by atoms with Crippen LogP contribution in [-0.4, -0.2) is 34.7 Å². The Morgan fingerprint density at radius 1 is 0.909 bits per heavy atom. The standard InChI is InChI=1S/C28H36N2O3/c1-18-7-9-23(10-8-18)30-25(31)14-24(26(30)32)29(22-5-3-2-4-6-22)27(33)28-15-19-11-20(16-28)13-21(12-19)17-28/h7-10,19-22,24H,2-6,11-17H2,1H3. The highest BCUT2D eigenvalue weighted by molar-refractivity contribution is 6.23. The van der Waals surface area contributed by atoms with Crippen LogP contribution < -0.4 is 4.90 Å². The summed E-state index contributed by atoms with van der Waals surface area (Å²) in [6, 6.07) is 7.02. The second kappa shape index (κ2) is 7.95. The third-order valence-corrected chi connectivity index (χ3v) is 9.45. The minimum Gasteiger partial charge on any atom is -0.327 e. The molecule has 3 amide bonds. The number of benzene rings is 1. The van der Waals surface area contributed by atoms with Crippen LogP contribution >= 0.6 is 0 Å². The molecule has 5 saturated carbocycles. The number of imide groups is 1. The van der Waals surface area contributed by atoms with Gasteiger partial charge in [0.05, 0.1) is 17.5 Å². The van der Waals surface area contributed by atoms with Crippen molar-refractivity contribution in [2.45, 2.75) is 96.1 Å². The van der Waals surface area contributed by atoms with Crippen LogP contribution in [0.25, 0.3) is 0 Å². The van der Waals surface area contributed by atoms with E-state index >= 15 is 0 Å². The summed E-state index contributed by atoms with van der Waals surface area (Å²) in [6.45, 7) is 2.00. The van der Waals surface area contributed by atoms with Gasteiger partial charge in [0.2, 0.25) is 11.8 Å². The molecule has 0 spiro atoms. The highest BCUT2D eigenvalue weighted by atomic mass is 16.2. The van der Waals surface area contributed by atoms with Gasteiger partial charge in [-0.05, 0) is 88.2 Å². The number of rotatable bonds is 4. The lowest BCUT2D eigenvalue weighted by molar-refractivity contribution is -0.165. The lowest BCUT2D eigenvalue weighted by Crippen LogP contribution is -2.60. The number of carbonyl (C=O) groups excluding carboxylic acids is 3. The topological polar surface area (TPSA) is 57.7 Å². The molecule has 6 fully saturated rings. The molecule has 4 bridgehead atoms. The van der Waals surface area contributed by atoms with Crippen LogP contribution in [0.1, 0.15) is 82.6 Å². The normalized spacial score (nSPS) is 36.0. The van der Waals surface area contributed by atoms with Gasteiger partial charge in [-0.2, -0.15) is 0 Å². The van der Waals surface area contributed by atoms with Gasteiger partial charge in [0.1, 0.15) is 6.04 Å². The van der Waals surface area contributed by atoms with E-state index in [0.717, 1.165) is 50.5 Å². The van der Waals surface area contributed by atoms with E-state index in [-0.39, 0.29) is 35.6 Å². The number of hydrogen-bond acceptors (Lipinski definition) is 3. The molecule has 0 N–H and O–H groups in total. The average Bonchev–Trinajstić information content (AvgIpc) is 3.08. The van der Waals surface area contributed by atoms with Gasteiger partial charge >= 0.3 is 0 Å². The van der Waals surface area contributed by atoms with Crippen molar-refractivity contribution in [3.63, 3.8) is 0 Å². The van der Waals surface area contributed by atoms with Gasteiger partial charge in [0, 0.05) is 6.04 Å². The van der Waals surface area contributed by atoms with Crippen molar-refractivity contribution in [1.29, 1.82) is 0 Å². The molecule has 5 heteroatoms. The monoisotopic (exact) mass is 448 g/mol. The predicted molar refractivity (Wildman–Crippen MR) is 126 cm³/mol. The average molecular weight is 449 g/mol. The van der Waals surface area contributed by atoms with Gasteiger partial charge in [-0.3, -0.25) is 14.4 Å². The molecule has 1 aromatic rings. The third kappa shape index (κ3) is 3.54. The summed E-state index contributed by atoms with van der Waals surface area (Å²) in [4.78, 5) is 44.6. The SMILES string of the molecule is Cc1ccc(N2C(=O)CC(N(C(=O)C34CC5CC(CC(C5)C3)C4)C3CCCCC3)C2=O)cc1. The van der Waals surface area contributed by atoms with Crippen molar-refractivity contribution in [3.05, 3.63) is 29.8 Å². The molecule has 5 nitrogen and oxygen atoms in total. The van der Waals surface area contributed by atoms with E-state index in [1.807, 2.05) is 36.1 Å². The highest BCUT2D eigenvalue weighted by Gasteiger charge is 2.58. The molecule has 33 heavy (non-hydrogen) atoms. The fourth-order valence-corrected chi connectivity index (χ4v) is 8.37. The highest BCUT2D eigenvalue weighted by Crippen LogP contribution is 2.61. The van der Waals surface area contributed by atoms with E-state index in [0.29, 0.717) is 23.4 Å². The molecule has 1 atom stereocenters. The Labute approximate surface area is 196 Å². The Bertz CT molecular complexity index is 927. The fourth-order valence-electron chi connectivity index (χ4n) is 8.37. The van der Waals surface area contributed by atoms with Crippen LogP contribution in [0.5, 0.6) is 0 Å². The van der Waals surface area contributed by atoms with Gasteiger partial charge < -0.3 is 4.90 Å². The molecule has 0 aromatic heterocycles. The van der Waals surface area contributed by atoms with Gasteiger partial charge in [-0.25, -0.2) is 4.90 Å². The zero-order chi connectivity index (χ0) is 22.7. The third-order valence-electron chi connectivity index (χ3n) is 9.45. The van der Waals surface area contributed by atoms with Crippen LogP contribution in [0, 0.1) is 30.1 Å². The zero-order valence-electron chi connectivity index (χ0n) is 19.8. The summed E-state index contributed by atoms with van der Waals surface area (Å²) < 4.78 is 0. The largest absolute Gasteiger partial charge is 0.327 e. The van der Waals surface area contributed by atoms with Gasteiger partial charge in [0.25, 0.3) is 5.91 Å². The molecule has 1 unspecified atom stereocenters. The van der Waals surface area contributed by atoms with Crippen LogP contribution in [-0.2, 0) is 14.4 Å². The maximum Gasteiger partial charge on any atom is 0.257 e. The van der Waals surface area contributed by atoms with E-state index < -0.39 is 6.04 Å². The summed E-state index contributed by atoms with van der Waals surface area (Å²) >= 11 is 0. The van der Waals surface area contributed by atoms with Crippen LogP contribution in [0.2, 0.25) is 0 Å². The Kier molecular flexibility index (Phi) is 5.15. The first kappa shape index (κ1) is 21.4. The molecular weight excluding hydrogens is 412 g/mol. The molecule has 176 valence electrons. The molecule has 5 aliphatic carbocycles. The van der Waals surface area contributed by atoms with Crippen LogP contribution in [0.15, 0.2) is 24.3 Å². The summed E-state index contributed by atoms with van der Waals surface area (Å²) in [5, 5.41) is 0. The lowest BCUT2D eigenvalue weighted by Gasteiger charge is -2.57. The molecular formula is C28H36N2O3. The van der Waals surface area contributed by atoms with E-state index in [1.54, 1.807) is 0 Å². The van der Waals surface area contributed by atoms with E-state index in [4.69, 9.17) is 0 Å². The zero-order valence-corrected chi connectivity index (χ0v) is 19.8. The Morgan fingerprint density at radius 3 is 2.06 bits per heavy atom. The first-order valence-electron chi connectivity index (χ1n) is 13.2. The summed E-state index contributed by atoms with van der Waals surface area (Å²) in [5.74, 6) is 1.88. The fraction of sp³-hybridized carbons (Fsp3) is 0.679.